The molecule has 0 bridgehead atoms. The van der Waals surface area contributed by atoms with Crippen molar-refractivity contribution < 1.29 is 32.2 Å². The number of hydrogen-bond acceptors (Lipinski definition) is 8. The van der Waals surface area contributed by atoms with Crippen LogP contribution >= 0.6 is 0 Å². The third-order valence-electron chi connectivity index (χ3n) is 7.16. The molecule has 0 radical (unpaired) electrons. The molecule has 2 aromatic carbocycles. The summed E-state index contributed by atoms with van der Waals surface area (Å²) >= 11 is 0. The molecule has 47 heavy (non-hydrogen) atoms. The van der Waals surface area contributed by atoms with Gasteiger partial charge in [0.2, 0.25) is 0 Å². The lowest BCUT2D eigenvalue weighted by molar-refractivity contribution is -0.138. The van der Waals surface area contributed by atoms with Crippen LogP contribution in [0.1, 0.15) is 43.2 Å². The van der Waals surface area contributed by atoms with Crippen molar-refractivity contribution in [2.45, 2.75) is 45.9 Å². The predicted octanol–water partition coefficient (Wildman–Crippen LogP) is 7.34. The van der Waals surface area contributed by atoms with Crippen molar-refractivity contribution in [3.05, 3.63) is 83.3 Å². The Hall–Kier alpha value is -4.91. The van der Waals surface area contributed by atoms with Gasteiger partial charge < -0.3 is 29.7 Å². The SMILES string of the molecule is CCOc1cc(-c2ncc(NC(=O)Nc3ccc(C(C)(C)CN(C)C)c(C(F)(F)F)c3)c(C)n2)cnc1OCc1ccc(OC)cc1. The maximum absolute atomic E-state index is 14.1. The molecule has 13 heteroatoms. The van der Waals surface area contributed by atoms with Crippen LogP contribution in [0.25, 0.3) is 11.4 Å². The van der Waals surface area contributed by atoms with E-state index in [4.69, 9.17) is 14.2 Å². The molecule has 2 amide bonds. The number of amides is 2. The highest BCUT2D eigenvalue weighted by molar-refractivity contribution is 6.00. The molecular weight excluding hydrogens is 613 g/mol. The van der Waals surface area contributed by atoms with Gasteiger partial charge in [-0.2, -0.15) is 13.2 Å². The zero-order valence-electron chi connectivity index (χ0n) is 27.5. The highest BCUT2D eigenvalue weighted by atomic mass is 19.4. The van der Waals surface area contributed by atoms with Crippen molar-refractivity contribution >= 4 is 17.4 Å². The lowest BCUT2D eigenvalue weighted by atomic mass is 9.81. The number of nitrogens with one attached hydrogen (secondary N) is 2. The van der Waals surface area contributed by atoms with E-state index in [-0.39, 0.29) is 23.5 Å². The first kappa shape index (κ1) is 35.0. The maximum atomic E-state index is 14.1. The first-order valence-corrected chi connectivity index (χ1v) is 14.9. The number of halogens is 3. The van der Waals surface area contributed by atoms with Crippen molar-refractivity contribution in [1.29, 1.82) is 0 Å². The lowest BCUT2D eigenvalue weighted by Crippen LogP contribution is -2.34. The van der Waals surface area contributed by atoms with E-state index in [1.54, 1.807) is 54.2 Å². The van der Waals surface area contributed by atoms with E-state index >= 15 is 0 Å². The van der Waals surface area contributed by atoms with Gasteiger partial charge in [0, 0.05) is 29.4 Å². The van der Waals surface area contributed by atoms with Crippen molar-refractivity contribution in [1.82, 2.24) is 19.9 Å². The zero-order chi connectivity index (χ0) is 34.4. The Morgan fingerprint density at radius 1 is 0.936 bits per heavy atom. The van der Waals surface area contributed by atoms with Gasteiger partial charge in [0.05, 0.1) is 36.9 Å². The summed E-state index contributed by atoms with van der Waals surface area (Å²) in [7, 11) is 5.21. The molecule has 2 aromatic heterocycles. The summed E-state index contributed by atoms with van der Waals surface area (Å²) in [5, 5.41) is 5.11. The molecule has 0 atom stereocenters. The highest BCUT2D eigenvalue weighted by Crippen LogP contribution is 2.39. The number of likely N-dealkylation sites (N-methyl/N-ethyl adjacent to an activating group) is 1. The number of aromatic nitrogens is 3. The number of pyridine rings is 1. The molecule has 4 rings (SSSR count). The molecule has 2 N–H and O–H groups in total. The monoisotopic (exact) mass is 652 g/mol. The first-order valence-electron chi connectivity index (χ1n) is 14.9. The van der Waals surface area contributed by atoms with E-state index in [1.165, 1.54) is 18.3 Å². The molecule has 0 aliphatic heterocycles. The molecule has 10 nitrogen and oxygen atoms in total. The topological polar surface area (TPSA) is 111 Å². The third kappa shape index (κ3) is 9.09. The van der Waals surface area contributed by atoms with Crippen LogP contribution in [0.4, 0.5) is 29.3 Å². The Kier molecular flexibility index (Phi) is 10.9. The summed E-state index contributed by atoms with van der Waals surface area (Å²) in [4.78, 5) is 27.9. The van der Waals surface area contributed by atoms with Crippen LogP contribution in [0.5, 0.6) is 17.4 Å². The van der Waals surface area contributed by atoms with Crippen molar-refractivity contribution in [2.75, 3.05) is 45.0 Å². The highest BCUT2D eigenvalue weighted by Gasteiger charge is 2.38. The Morgan fingerprint density at radius 3 is 2.28 bits per heavy atom. The van der Waals surface area contributed by atoms with Crippen molar-refractivity contribution in [3.8, 4) is 28.8 Å². The van der Waals surface area contributed by atoms with Crippen LogP contribution < -0.4 is 24.8 Å². The number of alkyl halides is 3. The quantitative estimate of drug-likeness (QED) is 0.164. The van der Waals surface area contributed by atoms with Crippen LogP contribution in [-0.4, -0.2) is 60.2 Å². The average Bonchev–Trinajstić information content (AvgIpc) is 3.00. The van der Waals surface area contributed by atoms with Crippen LogP contribution in [0.3, 0.4) is 0 Å². The Morgan fingerprint density at radius 2 is 1.66 bits per heavy atom. The summed E-state index contributed by atoms with van der Waals surface area (Å²) in [6.45, 7) is 8.08. The van der Waals surface area contributed by atoms with Crippen LogP contribution in [0, 0.1) is 6.92 Å². The third-order valence-corrected chi connectivity index (χ3v) is 7.16. The summed E-state index contributed by atoms with van der Waals surface area (Å²) in [6.07, 6.45) is -1.63. The number of aryl methyl sites for hydroxylation is 1. The second kappa shape index (κ2) is 14.7. The normalized spacial score (nSPS) is 11.7. The fourth-order valence-electron chi connectivity index (χ4n) is 5.13. The fourth-order valence-corrected chi connectivity index (χ4v) is 5.13. The largest absolute Gasteiger partial charge is 0.497 e. The Balaban J connectivity index is 1.47. The van der Waals surface area contributed by atoms with Crippen molar-refractivity contribution in [3.63, 3.8) is 0 Å². The van der Waals surface area contributed by atoms with Gasteiger partial charge in [-0.1, -0.05) is 32.0 Å². The first-order chi connectivity index (χ1) is 22.2. The number of rotatable bonds is 12. The van der Waals surface area contributed by atoms with E-state index < -0.39 is 23.2 Å². The van der Waals surface area contributed by atoms with Gasteiger partial charge in [-0.05, 0) is 69.4 Å². The zero-order valence-corrected chi connectivity index (χ0v) is 27.5. The van der Waals surface area contributed by atoms with Gasteiger partial charge in [-0.25, -0.2) is 19.7 Å². The van der Waals surface area contributed by atoms with E-state index in [0.29, 0.717) is 41.9 Å². The number of benzene rings is 2. The van der Waals surface area contributed by atoms with Gasteiger partial charge in [-0.3, -0.25) is 0 Å². The van der Waals surface area contributed by atoms with Crippen LogP contribution in [0.2, 0.25) is 0 Å². The van der Waals surface area contributed by atoms with Gasteiger partial charge in [0.15, 0.2) is 11.6 Å². The Labute approximate surface area is 272 Å². The predicted molar refractivity (Wildman–Crippen MR) is 174 cm³/mol. The van der Waals surface area contributed by atoms with Gasteiger partial charge in [0.1, 0.15) is 12.4 Å². The fraction of sp³-hybridized carbons (Fsp3) is 0.353. The van der Waals surface area contributed by atoms with Gasteiger partial charge >= 0.3 is 12.2 Å². The molecule has 4 aromatic rings. The summed E-state index contributed by atoms with van der Waals surface area (Å²) in [5.41, 5.74) is 0.746. The number of methoxy groups -OCH3 is 1. The second-order valence-electron chi connectivity index (χ2n) is 11.7. The number of ether oxygens (including phenoxy) is 3. The number of hydrogen-bond donors (Lipinski definition) is 2. The molecule has 0 saturated carbocycles. The van der Waals surface area contributed by atoms with E-state index in [0.717, 1.165) is 17.4 Å². The number of nitrogens with zero attached hydrogens (tertiary/aromatic N) is 4. The second-order valence-corrected chi connectivity index (χ2v) is 11.7. The summed E-state index contributed by atoms with van der Waals surface area (Å²) < 4.78 is 59.0. The molecular formula is C34H39F3N6O4. The van der Waals surface area contributed by atoms with Crippen molar-refractivity contribution in [2.24, 2.45) is 0 Å². The molecule has 0 aliphatic carbocycles. The molecule has 0 fully saturated rings. The average molecular weight is 653 g/mol. The smallest absolute Gasteiger partial charge is 0.416 e. The molecule has 0 aliphatic rings. The minimum absolute atomic E-state index is 0.00162. The molecule has 0 unspecified atom stereocenters. The molecule has 2 heterocycles. The number of carbonyl (C=O) groups is 1. The minimum Gasteiger partial charge on any atom is -0.497 e. The standard InChI is InChI=1S/C34H39F3N6O4/c1-8-46-29-15-23(17-39-31(29)47-19-22-9-12-25(45-7)13-10-22)30-38-18-28(21(2)40-30)42-32(44)41-24-11-14-26(27(16-24)34(35,36)37)33(3,4)20-43(5)6/h9-18H,8,19-20H2,1-7H3,(H2,41,42,44). The number of anilines is 2. The molecule has 0 spiro atoms. The van der Waals surface area contributed by atoms with E-state index in [9.17, 15) is 18.0 Å². The van der Waals surface area contributed by atoms with E-state index in [2.05, 4.69) is 25.6 Å². The summed E-state index contributed by atoms with van der Waals surface area (Å²) in [5.74, 6) is 1.79. The number of carbonyl (C=O) groups excluding carboxylic acids is 1. The van der Waals surface area contributed by atoms with Crippen LogP contribution in [-0.2, 0) is 18.2 Å². The summed E-state index contributed by atoms with van der Waals surface area (Å²) in [6, 6.07) is 12.3. The maximum Gasteiger partial charge on any atom is 0.416 e. The van der Waals surface area contributed by atoms with Gasteiger partial charge in [0.25, 0.3) is 5.88 Å². The Bertz CT molecular complexity index is 1690. The van der Waals surface area contributed by atoms with E-state index in [1.807, 2.05) is 36.1 Å². The lowest BCUT2D eigenvalue weighted by Gasteiger charge is -2.31. The molecule has 0 saturated heterocycles. The number of urea groups is 1. The van der Waals surface area contributed by atoms with Gasteiger partial charge in [-0.15, -0.1) is 0 Å². The van der Waals surface area contributed by atoms with Crippen LogP contribution in [0.15, 0.2) is 60.9 Å². The minimum atomic E-state index is -4.61. The molecule has 250 valence electrons.